The zero-order valence-corrected chi connectivity index (χ0v) is 16.2. The summed E-state index contributed by atoms with van der Waals surface area (Å²) in [5, 5.41) is 11.1. The van der Waals surface area contributed by atoms with Gasteiger partial charge in [-0.2, -0.15) is 0 Å². The Kier molecular flexibility index (Phi) is 7.20. The van der Waals surface area contributed by atoms with Gasteiger partial charge in [0.25, 0.3) is 0 Å². The van der Waals surface area contributed by atoms with Crippen molar-refractivity contribution in [2.45, 2.75) is 51.5 Å². The van der Waals surface area contributed by atoms with Gasteiger partial charge in [-0.1, -0.05) is 12.8 Å². The van der Waals surface area contributed by atoms with Gasteiger partial charge in [-0.05, 0) is 25.7 Å². The quantitative estimate of drug-likeness (QED) is 0.730. The van der Waals surface area contributed by atoms with Crippen LogP contribution >= 0.6 is 0 Å². The summed E-state index contributed by atoms with van der Waals surface area (Å²) in [7, 11) is 1.66. The highest BCUT2D eigenvalue weighted by Crippen LogP contribution is 2.32. The van der Waals surface area contributed by atoms with Crippen LogP contribution in [0.5, 0.6) is 0 Å². The molecule has 1 saturated heterocycles. The summed E-state index contributed by atoms with van der Waals surface area (Å²) >= 11 is 0. The molecule has 27 heavy (non-hydrogen) atoms. The van der Waals surface area contributed by atoms with E-state index < -0.39 is 0 Å². The molecule has 1 N–H and O–H groups in total. The first-order chi connectivity index (χ1) is 13.2. The molecule has 0 aromatic carbocycles. The Hall–Kier alpha value is -1.96. The molecule has 0 spiro atoms. The van der Waals surface area contributed by atoms with Crippen molar-refractivity contribution in [3.05, 3.63) is 12.2 Å². The van der Waals surface area contributed by atoms with Crippen LogP contribution in [0.2, 0.25) is 0 Å². The normalized spacial score (nSPS) is 22.8. The molecule has 2 heterocycles. The lowest BCUT2D eigenvalue weighted by atomic mass is 9.78. The van der Waals surface area contributed by atoms with Crippen molar-refractivity contribution in [2.75, 3.05) is 33.4 Å². The Balaban J connectivity index is 1.51. The van der Waals surface area contributed by atoms with Gasteiger partial charge in [-0.3, -0.25) is 9.59 Å². The lowest BCUT2D eigenvalue weighted by molar-refractivity contribution is -0.142. The zero-order chi connectivity index (χ0) is 19.1. The van der Waals surface area contributed by atoms with Crippen LogP contribution in [0.1, 0.15) is 44.3 Å². The Morgan fingerprint density at radius 3 is 2.67 bits per heavy atom. The molecule has 1 aliphatic heterocycles. The number of amides is 2. The number of nitrogens with one attached hydrogen (secondary N) is 1. The van der Waals surface area contributed by atoms with Crippen molar-refractivity contribution >= 4 is 11.8 Å². The minimum atomic E-state index is -0.196. The summed E-state index contributed by atoms with van der Waals surface area (Å²) in [6.45, 7) is 3.49. The zero-order valence-electron chi connectivity index (χ0n) is 16.2. The predicted molar refractivity (Wildman–Crippen MR) is 99.9 cm³/mol. The largest absolute Gasteiger partial charge is 0.383 e. The first-order valence-electron chi connectivity index (χ1n) is 10.1. The fraction of sp³-hybridized carbons (Fsp3) is 0.789. The second-order valence-electron chi connectivity index (χ2n) is 7.50. The molecule has 1 aliphatic carbocycles. The number of aromatic nitrogens is 3. The summed E-state index contributed by atoms with van der Waals surface area (Å²) in [6.07, 6.45) is 8.16. The molecule has 1 aromatic heterocycles. The number of methoxy groups -OCH3 is 1. The maximum absolute atomic E-state index is 12.8. The number of rotatable bonds is 8. The first kappa shape index (κ1) is 19.8. The smallest absolute Gasteiger partial charge is 0.226 e. The standard InChI is InChI=1S/C19H31N5O3/c1-27-13-12-24-14-21-22-17(24)8-9-20-18(25)15-6-2-3-7-16(15)19(26)23-10-4-5-11-23/h14-16H,2-13H2,1H3,(H,20,25)/t15-,16+/m0/s1. The van der Waals surface area contributed by atoms with E-state index in [0.717, 1.165) is 57.4 Å². The van der Waals surface area contributed by atoms with Gasteiger partial charge < -0.3 is 19.5 Å². The van der Waals surface area contributed by atoms with Crippen LogP contribution in [0.15, 0.2) is 6.33 Å². The van der Waals surface area contributed by atoms with E-state index in [2.05, 4.69) is 15.5 Å². The van der Waals surface area contributed by atoms with E-state index in [-0.39, 0.29) is 23.7 Å². The third-order valence-corrected chi connectivity index (χ3v) is 5.72. The molecule has 2 amide bonds. The van der Waals surface area contributed by atoms with Gasteiger partial charge in [-0.25, -0.2) is 0 Å². The molecule has 0 unspecified atom stereocenters. The Morgan fingerprint density at radius 1 is 1.19 bits per heavy atom. The fourth-order valence-corrected chi connectivity index (χ4v) is 4.19. The first-order valence-corrected chi connectivity index (χ1v) is 10.1. The lowest BCUT2D eigenvalue weighted by Crippen LogP contribution is -2.45. The topological polar surface area (TPSA) is 89.3 Å². The molecule has 8 nitrogen and oxygen atoms in total. The number of carbonyl (C=O) groups excluding carboxylic acids is 2. The molecule has 1 saturated carbocycles. The molecule has 1 aromatic rings. The molecule has 8 heteroatoms. The molecular weight excluding hydrogens is 346 g/mol. The van der Waals surface area contributed by atoms with Gasteiger partial charge in [0, 0.05) is 51.5 Å². The molecule has 2 aliphatic rings. The second-order valence-corrected chi connectivity index (χ2v) is 7.50. The molecule has 0 bridgehead atoms. The number of nitrogens with zero attached hydrogens (tertiary/aromatic N) is 4. The second kappa shape index (κ2) is 9.82. The Morgan fingerprint density at radius 2 is 1.93 bits per heavy atom. The van der Waals surface area contributed by atoms with Crippen LogP contribution in [0.25, 0.3) is 0 Å². The van der Waals surface area contributed by atoms with Crippen LogP contribution < -0.4 is 5.32 Å². The van der Waals surface area contributed by atoms with Crippen LogP contribution in [-0.2, 0) is 27.3 Å². The van der Waals surface area contributed by atoms with E-state index in [0.29, 0.717) is 26.1 Å². The fourth-order valence-electron chi connectivity index (χ4n) is 4.19. The highest BCUT2D eigenvalue weighted by molar-refractivity contribution is 5.88. The van der Waals surface area contributed by atoms with Gasteiger partial charge >= 0.3 is 0 Å². The molecule has 0 radical (unpaired) electrons. The third-order valence-electron chi connectivity index (χ3n) is 5.72. The number of hydrogen-bond donors (Lipinski definition) is 1. The Bertz CT molecular complexity index is 627. The summed E-state index contributed by atoms with van der Waals surface area (Å²) in [5.74, 6) is 0.683. The van der Waals surface area contributed by atoms with Crippen LogP contribution in [0, 0.1) is 11.8 Å². The van der Waals surface area contributed by atoms with E-state index in [1.54, 1.807) is 13.4 Å². The molecule has 2 fully saturated rings. The van der Waals surface area contributed by atoms with E-state index in [9.17, 15) is 9.59 Å². The van der Waals surface area contributed by atoms with Gasteiger partial charge in [-0.15, -0.1) is 10.2 Å². The third kappa shape index (κ3) is 5.06. The van der Waals surface area contributed by atoms with E-state index in [1.165, 1.54) is 0 Å². The summed E-state index contributed by atoms with van der Waals surface area (Å²) in [5.41, 5.74) is 0. The summed E-state index contributed by atoms with van der Waals surface area (Å²) in [6, 6.07) is 0. The van der Waals surface area contributed by atoms with E-state index in [1.807, 2.05) is 9.47 Å². The number of ether oxygens (including phenoxy) is 1. The SMILES string of the molecule is COCCn1cnnc1CCNC(=O)[C@H]1CCCC[C@H]1C(=O)N1CCCC1. The maximum atomic E-state index is 12.8. The molecule has 2 atom stereocenters. The Labute approximate surface area is 160 Å². The van der Waals surface area contributed by atoms with Crippen molar-refractivity contribution in [3.63, 3.8) is 0 Å². The molecule has 150 valence electrons. The van der Waals surface area contributed by atoms with Crippen molar-refractivity contribution in [1.29, 1.82) is 0 Å². The minimum absolute atomic E-state index is 0.00945. The van der Waals surface area contributed by atoms with Gasteiger partial charge in [0.15, 0.2) is 0 Å². The average Bonchev–Trinajstić information content (AvgIpc) is 3.38. The average molecular weight is 377 g/mol. The van der Waals surface area contributed by atoms with Crippen molar-refractivity contribution in [1.82, 2.24) is 25.0 Å². The van der Waals surface area contributed by atoms with Crippen molar-refractivity contribution in [3.8, 4) is 0 Å². The summed E-state index contributed by atoms with van der Waals surface area (Å²) in [4.78, 5) is 27.6. The minimum Gasteiger partial charge on any atom is -0.383 e. The monoisotopic (exact) mass is 377 g/mol. The van der Waals surface area contributed by atoms with E-state index in [4.69, 9.17) is 4.74 Å². The van der Waals surface area contributed by atoms with Gasteiger partial charge in [0.1, 0.15) is 12.2 Å². The molecule has 3 rings (SSSR count). The maximum Gasteiger partial charge on any atom is 0.226 e. The highest BCUT2D eigenvalue weighted by Gasteiger charge is 2.38. The van der Waals surface area contributed by atoms with Crippen LogP contribution in [0.3, 0.4) is 0 Å². The van der Waals surface area contributed by atoms with E-state index >= 15 is 0 Å². The number of hydrogen-bond acceptors (Lipinski definition) is 5. The van der Waals surface area contributed by atoms with Crippen LogP contribution in [-0.4, -0.2) is 64.8 Å². The van der Waals surface area contributed by atoms with Gasteiger partial charge in [0.2, 0.25) is 11.8 Å². The lowest BCUT2D eigenvalue weighted by Gasteiger charge is -2.32. The number of carbonyl (C=O) groups is 2. The van der Waals surface area contributed by atoms with Crippen LogP contribution in [0.4, 0.5) is 0 Å². The predicted octanol–water partition coefficient (Wildman–Crippen LogP) is 1.01. The summed E-state index contributed by atoms with van der Waals surface area (Å²) < 4.78 is 7.03. The number of likely N-dealkylation sites (tertiary alicyclic amines) is 1. The molecular formula is C19H31N5O3. The van der Waals surface area contributed by atoms with Crippen molar-refractivity contribution in [2.24, 2.45) is 11.8 Å². The van der Waals surface area contributed by atoms with Gasteiger partial charge in [0.05, 0.1) is 6.61 Å². The highest BCUT2D eigenvalue weighted by atomic mass is 16.5. The van der Waals surface area contributed by atoms with Crippen molar-refractivity contribution < 1.29 is 14.3 Å².